The van der Waals surface area contributed by atoms with Crippen LogP contribution in [0.1, 0.15) is 146 Å². The van der Waals surface area contributed by atoms with Gasteiger partial charge in [-0.15, -0.1) is 0 Å². The molecule has 0 heterocycles. The molecule has 0 bridgehead atoms. The molecule has 40 heavy (non-hydrogen) atoms. The molecule has 2 rings (SSSR count). The van der Waals surface area contributed by atoms with E-state index in [0.29, 0.717) is 10.8 Å². The summed E-state index contributed by atoms with van der Waals surface area (Å²) in [5.41, 5.74) is 9.83. The SMILES string of the molecule is CC1=C(/C=C/C(C)=C/CC/C(C)=C/C=C/C=C(\C)CC/C=C(\C)CC[C@H]2C(C)CCCC2(C)C)C(C)(C)CCC1. The Bertz CT molecular complexity index is 1010. The molecule has 0 radical (unpaired) electrons. The lowest BCUT2D eigenvalue weighted by molar-refractivity contribution is 0.0767. The molecule has 2 aliphatic carbocycles. The summed E-state index contributed by atoms with van der Waals surface area (Å²) in [6.07, 6.45) is 33.9. The lowest BCUT2D eigenvalue weighted by Gasteiger charge is -2.43. The molecule has 0 N–H and O–H groups in total. The first-order valence-electron chi connectivity index (χ1n) is 16.5. The van der Waals surface area contributed by atoms with Crippen molar-refractivity contribution < 1.29 is 0 Å². The normalized spacial score (nSPS) is 24.9. The van der Waals surface area contributed by atoms with Gasteiger partial charge in [0.2, 0.25) is 0 Å². The maximum atomic E-state index is 2.50. The van der Waals surface area contributed by atoms with E-state index in [0.717, 1.165) is 37.5 Å². The molecule has 0 aromatic heterocycles. The van der Waals surface area contributed by atoms with Gasteiger partial charge in [0.1, 0.15) is 0 Å². The van der Waals surface area contributed by atoms with E-state index >= 15 is 0 Å². The molecule has 0 nitrogen and oxygen atoms in total. The molecule has 1 fully saturated rings. The van der Waals surface area contributed by atoms with Crippen LogP contribution in [0.4, 0.5) is 0 Å². The van der Waals surface area contributed by atoms with Crippen LogP contribution in [0.5, 0.6) is 0 Å². The van der Waals surface area contributed by atoms with Crippen molar-refractivity contribution in [3.05, 3.63) is 82.0 Å². The smallest absolute Gasteiger partial charge is 0.0104 e. The van der Waals surface area contributed by atoms with E-state index in [2.05, 4.69) is 118 Å². The van der Waals surface area contributed by atoms with E-state index in [1.165, 1.54) is 68.1 Å². The second kappa shape index (κ2) is 16.6. The fraction of sp³-hybridized carbons (Fsp3) is 0.650. The molecule has 0 aromatic carbocycles. The minimum Gasteiger partial charge on any atom is -0.0853 e. The Labute approximate surface area is 250 Å². The standard InChI is InChI=1S/C40H64/c1-31(19-13-21-33(3)25-27-37-35(5)23-15-29-39(37,7)8)17-11-12-18-32(2)20-14-22-34(4)26-28-38-36(6)24-16-30-40(38,9)10/h11-12,17-18,21-22,25,27,36,38H,13-16,19-20,23-24,26,28-30H2,1-10H3/b12-11+,27-25+,31-17+,32-18+,33-21+,34-22+/t36?,38-/m0/s1. The van der Waals surface area contributed by atoms with Crippen LogP contribution >= 0.6 is 0 Å². The van der Waals surface area contributed by atoms with Gasteiger partial charge in [-0.1, -0.05) is 124 Å². The highest BCUT2D eigenvalue weighted by Crippen LogP contribution is 2.46. The molecule has 0 spiro atoms. The number of hydrogen-bond acceptors (Lipinski definition) is 0. The van der Waals surface area contributed by atoms with E-state index in [9.17, 15) is 0 Å². The molecule has 0 aliphatic heterocycles. The van der Waals surface area contributed by atoms with Crippen LogP contribution in [0.15, 0.2) is 82.0 Å². The van der Waals surface area contributed by atoms with Crippen LogP contribution in [0, 0.1) is 22.7 Å². The van der Waals surface area contributed by atoms with Crippen LogP contribution in [0.2, 0.25) is 0 Å². The van der Waals surface area contributed by atoms with Gasteiger partial charge in [0.05, 0.1) is 0 Å². The van der Waals surface area contributed by atoms with Gasteiger partial charge in [-0.2, -0.15) is 0 Å². The lowest BCUT2D eigenvalue weighted by Crippen LogP contribution is -2.33. The predicted octanol–water partition coefficient (Wildman–Crippen LogP) is 13.2. The Balaban J connectivity index is 1.72. The number of hydrogen-bond donors (Lipinski definition) is 0. The van der Waals surface area contributed by atoms with E-state index in [1.54, 1.807) is 16.7 Å². The molecule has 2 atom stereocenters. The highest BCUT2D eigenvalue weighted by atomic mass is 14.4. The van der Waals surface area contributed by atoms with Crippen LogP contribution in [-0.2, 0) is 0 Å². The molecule has 0 aromatic rings. The molecule has 0 amide bonds. The van der Waals surface area contributed by atoms with Crippen molar-refractivity contribution in [1.82, 2.24) is 0 Å². The van der Waals surface area contributed by atoms with Crippen molar-refractivity contribution in [3.63, 3.8) is 0 Å². The van der Waals surface area contributed by atoms with Crippen LogP contribution in [0.25, 0.3) is 0 Å². The lowest BCUT2D eigenvalue weighted by atomic mass is 9.62. The van der Waals surface area contributed by atoms with Gasteiger partial charge >= 0.3 is 0 Å². The second-order valence-corrected chi connectivity index (χ2v) is 14.8. The van der Waals surface area contributed by atoms with Crippen LogP contribution in [0.3, 0.4) is 0 Å². The zero-order chi connectivity index (χ0) is 29.8. The first-order valence-corrected chi connectivity index (χ1v) is 16.5. The topological polar surface area (TPSA) is 0 Å². The summed E-state index contributed by atoms with van der Waals surface area (Å²) in [5, 5.41) is 0. The van der Waals surface area contributed by atoms with Crippen molar-refractivity contribution in [2.45, 2.75) is 146 Å². The Morgan fingerprint density at radius 1 is 0.800 bits per heavy atom. The van der Waals surface area contributed by atoms with Gasteiger partial charge in [0.25, 0.3) is 0 Å². The Hall–Kier alpha value is -1.82. The fourth-order valence-electron chi connectivity index (χ4n) is 7.17. The van der Waals surface area contributed by atoms with Gasteiger partial charge in [-0.05, 0) is 127 Å². The zero-order valence-electron chi connectivity index (χ0n) is 28.3. The third kappa shape index (κ3) is 12.0. The van der Waals surface area contributed by atoms with Crippen molar-refractivity contribution in [3.8, 4) is 0 Å². The fourth-order valence-corrected chi connectivity index (χ4v) is 7.17. The molecule has 224 valence electrons. The first-order chi connectivity index (χ1) is 18.8. The number of rotatable bonds is 13. The molecule has 1 saturated carbocycles. The molecular formula is C40H64. The largest absolute Gasteiger partial charge is 0.0853 e. The van der Waals surface area contributed by atoms with Crippen LogP contribution < -0.4 is 0 Å². The predicted molar refractivity (Wildman–Crippen MR) is 182 cm³/mol. The summed E-state index contributed by atoms with van der Waals surface area (Å²) in [7, 11) is 0. The van der Waals surface area contributed by atoms with E-state index in [1.807, 2.05) is 0 Å². The van der Waals surface area contributed by atoms with Crippen molar-refractivity contribution in [2.75, 3.05) is 0 Å². The molecule has 0 heteroatoms. The van der Waals surface area contributed by atoms with Gasteiger partial charge in [0.15, 0.2) is 0 Å². The summed E-state index contributed by atoms with van der Waals surface area (Å²) >= 11 is 0. The Morgan fingerprint density at radius 2 is 1.43 bits per heavy atom. The van der Waals surface area contributed by atoms with Gasteiger partial charge < -0.3 is 0 Å². The maximum absolute atomic E-state index is 2.50. The van der Waals surface area contributed by atoms with Gasteiger partial charge in [-0.3, -0.25) is 0 Å². The summed E-state index contributed by atoms with van der Waals surface area (Å²) < 4.78 is 0. The van der Waals surface area contributed by atoms with E-state index in [4.69, 9.17) is 0 Å². The minimum atomic E-state index is 0.317. The molecule has 2 aliphatic rings. The molecule has 0 saturated heterocycles. The zero-order valence-corrected chi connectivity index (χ0v) is 28.3. The monoisotopic (exact) mass is 545 g/mol. The Kier molecular flexibility index (Phi) is 14.3. The molecular weight excluding hydrogens is 480 g/mol. The average molecular weight is 545 g/mol. The summed E-state index contributed by atoms with van der Waals surface area (Å²) in [4.78, 5) is 0. The third-order valence-corrected chi connectivity index (χ3v) is 9.99. The Morgan fingerprint density at radius 3 is 2.02 bits per heavy atom. The van der Waals surface area contributed by atoms with Crippen LogP contribution in [-0.4, -0.2) is 0 Å². The van der Waals surface area contributed by atoms with Crippen molar-refractivity contribution in [1.29, 1.82) is 0 Å². The maximum Gasteiger partial charge on any atom is -0.0104 e. The minimum absolute atomic E-state index is 0.317. The number of allylic oxidation sites excluding steroid dienone is 14. The summed E-state index contributed by atoms with van der Waals surface area (Å²) in [6.45, 7) is 23.7. The quantitative estimate of drug-likeness (QED) is 0.160. The second-order valence-electron chi connectivity index (χ2n) is 14.8. The summed E-state index contributed by atoms with van der Waals surface area (Å²) in [5.74, 6) is 1.76. The molecule has 1 unspecified atom stereocenters. The van der Waals surface area contributed by atoms with E-state index < -0.39 is 0 Å². The van der Waals surface area contributed by atoms with E-state index in [-0.39, 0.29) is 0 Å². The average Bonchev–Trinajstić information content (AvgIpc) is 2.85. The van der Waals surface area contributed by atoms with Crippen molar-refractivity contribution >= 4 is 0 Å². The highest BCUT2D eigenvalue weighted by molar-refractivity contribution is 5.36. The summed E-state index contributed by atoms with van der Waals surface area (Å²) in [6, 6.07) is 0. The third-order valence-electron chi connectivity index (χ3n) is 9.99. The van der Waals surface area contributed by atoms with Gasteiger partial charge in [-0.25, -0.2) is 0 Å². The highest BCUT2D eigenvalue weighted by Gasteiger charge is 2.36. The first kappa shape index (κ1) is 34.4. The van der Waals surface area contributed by atoms with Gasteiger partial charge in [0, 0.05) is 0 Å². The van der Waals surface area contributed by atoms with Crippen molar-refractivity contribution in [2.24, 2.45) is 22.7 Å².